The number of amides is 2. The minimum Gasteiger partial charge on any atom is -0.384 e. The number of nitrogens with one attached hydrogen (secondary N) is 1. The van der Waals surface area contributed by atoms with Crippen LogP contribution in [-0.2, 0) is 13.0 Å². The van der Waals surface area contributed by atoms with Gasteiger partial charge in [0.25, 0.3) is 5.91 Å². The van der Waals surface area contributed by atoms with Crippen molar-refractivity contribution in [3.05, 3.63) is 80.8 Å². The van der Waals surface area contributed by atoms with Gasteiger partial charge >= 0.3 is 0 Å². The number of aryl methyl sites for hydroxylation is 2. The third kappa shape index (κ3) is 6.23. The smallest absolute Gasteiger partial charge is 0.256 e. The van der Waals surface area contributed by atoms with Crippen LogP contribution in [0.25, 0.3) is 0 Å². The summed E-state index contributed by atoms with van der Waals surface area (Å²) >= 11 is 1.54. The summed E-state index contributed by atoms with van der Waals surface area (Å²) in [5.41, 5.74) is 10.3. The van der Waals surface area contributed by atoms with Crippen LogP contribution < -0.4 is 11.1 Å². The van der Waals surface area contributed by atoms with Gasteiger partial charge in [0, 0.05) is 35.9 Å². The first kappa shape index (κ1) is 25.4. The van der Waals surface area contributed by atoms with E-state index in [0.29, 0.717) is 24.2 Å². The average molecular weight is 479 g/mol. The van der Waals surface area contributed by atoms with E-state index in [1.807, 2.05) is 50.4 Å². The van der Waals surface area contributed by atoms with E-state index in [1.54, 1.807) is 18.0 Å². The maximum atomic E-state index is 13.8. The lowest BCUT2D eigenvalue weighted by molar-refractivity contribution is 0.0784. The van der Waals surface area contributed by atoms with Gasteiger partial charge in [0.05, 0.1) is 12.1 Å². The molecule has 3 N–H and O–H groups in total. The topological polar surface area (TPSA) is 88.3 Å². The molecular formula is C27H34N4O2S. The number of carbonyl (C=O) groups is 2. The molecule has 0 radical (unpaired) electrons. The summed E-state index contributed by atoms with van der Waals surface area (Å²) in [6.07, 6.45) is 2.65. The first-order chi connectivity index (χ1) is 16.3. The molecule has 7 heteroatoms. The van der Waals surface area contributed by atoms with Gasteiger partial charge in [-0.3, -0.25) is 9.59 Å². The lowest BCUT2D eigenvalue weighted by atomic mass is 9.87. The van der Waals surface area contributed by atoms with Crippen molar-refractivity contribution >= 4 is 28.8 Å². The molecule has 0 fully saturated rings. The molecule has 1 atom stereocenters. The van der Waals surface area contributed by atoms with E-state index in [-0.39, 0.29) is 11.8 Å². The lowest BCUT2D eigenvalue weighted by Crippen LogP contribution is -2.30. The fourth-order valence-electron chi connectivity index (χ4n) is 4.03. The largest absolute Gasteiger partial charge is 0.384 e. The summed E-state index contributed by atoms with van der Waals surface area (Å²) < 4.78 is 0. The highest BCUT2D eigenvalue weighted by molar-refractivity contribution is 7.09. The number of anilines is 1. The number of primary amides is 1. The number of aromatic nitrogens is 1. The van der Waals surface area contributed by atoms with Crippen molar-refractivity contribution < 1.29 is 9.59 Å². The van der Waals surface area contributed by atoms with E-state index < -0.39 is 5.91 Å². The maximum absolute atomic E-state index is 13.8. The zero-order valence-electron chi connectivity index (χ0n) is 20.4. The van der Waals surface area contributed by atoms with Crippen LogP contribution in [0.5, 0.6) is 0 Å². The Morgan fingerprint density at radius 2 is 1.91 bits per heavy atom. The highest BCUT2D eigenvalue weighted by atomic mass is 32.1. The van der Waals surface area contributed by atoms with Crippen LogP contribution in [0.1, 0.15) is 75.2 Å². The molecule has 0 aliphatic carbocycles. The molecule has 34 heavy (non-hydrogen) atoms. The first-order valence-corrected chi connectivity index (χ1v) is 12.6. The molecule has 0 bridgehead atoms. The van der Waals surface area contributed by atoms with Crippen LogP contribution in [-0.4, -0.2) is 35.3 Å². The Morgan fingerprint density at radius 3 is 2.53 bits per heavy atom. The van der Waals surface area contributed by atoms with E-state index in [2.05, 4.69) is 22.4 Å². The van der Waals surface area contributed by atoms with Gasteiger partial charge in [0.1, 0.15) is 5.01 Å². The molecule has 0 spiro atoms. The van der Waals surface area contributed by atoms with Gasteiger partial charge in [-0.25, -0.2) is 4.98 Å². The highest BCUT2D eigenvalue weighted by Crippen LogP contribution is 2.33. The van der Waals surface area contributed by atoms with Crippen LogP contribution >= 0.6 is 11.3 Å². The predicted molar refractivity (Wildman–Crippen MR) is 140 cm³/mol. The number of nitrogens with two attached hydrogens (primary N) is 1. The monoisotopic (exact) mass is 478 g/mol. The van der Waals surface area contributed by atoms with Crippen LogP contribution in [0.3, 0.4) is 0 Å². The van der Waals surface area contributed by atoms with E-state index in [0.717, 1.165) is 41.2 Å². The zero-order valence-corrected chi connectivity index (χ0v) is 21.2. The van der Waals surface area contributed by atoms with Gasteiger partial charge in [-0.15, -0.1) is 11.3 Å². The number of carbonyl (C=O) groups excluding carboxylic acids is 2. The Hall–Kier alpha value is -3.19. The summed E-state index contributed by atoms with van der Waals surface area (Å²) in [5.74, 6) is -0.655. The molecule has 0 aliphatic heterocycles. The Kier molecular flexibility index (Phi) is 8.82. The average Bonchev–Trinajstić information content (AvgIpc) is 3.25. The molecule has 2 amide bonds. The van der Waals surface area contributed by atoms with Gasteiger partial charge in [-0.2, -0.15) is 0 Å². The minimum absolute atomic E-state index is 0.00280. The number of nitrogens with zero attached hydrogens (tertiary/aromatic N) is 2. The molecule has 3 rings (SSSR count). The van der Waals surface area contributed by atoms with Gasteiger partial charge in [0.15, 0.2) is 0 Å². The van der Waals surface area contributed by atoms with E-state index >= 15 is 0 Å². The summed E-state index contributed by atoms with van der Waals surface area (Å²) in [4.78, 5) is 32.2. The Labute approximate surface area is 206 Å². The lowest BCUT2D eigenvalue weighted by Gasteiger charge is -2.25. The van der Waals surface area contributed by atoms with E-state index in [4.69, 9.17) is 5.73 Å². The van der Waals surface area contributed by atoms with E-state index in [9.17, 15) is 9.59 Å². The maximum Gasteiger partial charge on any atom is 0.256 e. The molecule has 0 aliphatic rings. The minimum atomic E-state index is -0.516. The fraction of sp³-hybridized carbons (Fsp3) is 0.370. The van der Waals surface area contributed by atoms with Crippen LogP contribution in [0.4, 0.5) is 5.69 Å². The third-order valence-electron chi connectivity index (χ3n) is 6.02. The molecule has 6 nitrogen and oxygen atoms in total. The summed E-state index contributed by atoms with van der Waals surface area (Å²) in [5, 5.41) is 6.31. The second-order valence-electron chi connectivity index (χ2n) is 8.68. The summed E-state index contributed by atoms with van der Waals surface area (Å²) in [6, 6.07) is 13.9. The SMILES string of the molecule is CCC(C)c1c(C(N)=O)ccc(NCCCc2ccccc2)c1C(=O)N(C)Cc1nc(C)cs1. The van der Waals surface area contributed by atoms with Gasteiger partial charge in [-0.05, 0) is 55.4 Å². The Balaban J connectivity index is 1.90. The van der Waals surface area contributed by atoms with E-state index in [1.165, 1.54) is 16.9 Å². The molecule has 2 aromatic carbocycles. The number of hydrogen-bond acceptors (Lipinski definition) is 5. The quantitative estimate of drug-likeness (QED) is 0.362. The fourth-order valence-corrected chi connectivity index (χ4v) is 4.85. The highest BCUT2D eigenvalue weighted by Gasteiger charge is 2.27. The number of hydrogen-bond donors (Lipinski definition) is 2. The van der Waals surface area contributed by atoms with Crippen molar-refractivity contribution in [2.75, 3.05) is 18.9 Å². The molecule has 3 aromatic rings. The molecule has 180 valence electrons. The van der Waals surface area contributed by atoms with Crippen molar-refractivity contribution in [3.63, 3.8) is 0 Å². The second kappa shape index (κ2) is 11.8. The second-order valence-corrected chi connectivity index (χ2v) is 9.63. The normalized spacial score (nSPS) is 11.8. The molecule has 1 heterocycles. The van der Waals surface area contributed by atoms with Crippen LogP contribution in [0.2, 0.25) is 0 Å². The Bertz CT molecular complexity index is 1130. The number of thiazole rings is 1. The zero-order chi connectivity index (χ0) is 24.7. The van der Waals surface area contributed by atoms with Gasteiger partial charge in [0.2, 0.25) is 5.91 Å². The summed E-state index contributed by atoms with van der Waals surface area (Å²) in [6.45, 7) is 7.14. The van der Waals surface area contributed by atoms with Crippen molar-refractivity contribution in [2.24, 2.45) is 5.73 Å². The molecule has 1 aromatic heterocycles. The van der Waals surface area contributed by atoms with Crippen LogP contribution in [0.15, 0.2) is 47.8 Å². The van der Waals surface area contributed by atoms with Crippen molar-refractivity contribution in [3.8, 4) is 0 Å². The van der Waals surface area contributed by atoms with Crippen molar-refractivity contribution in [2.45, 2.75) is 52.5 Å². The summed E-state index contributed by atoms with van der Waals surface area (Å²) in [7, 11) is 1.77. The molecule has 0 saturated heterocycles. The number of benzene rings is 2. The van der Waals surface area contributed by atoms with Crippen molar-refractivity contribution in [1.29, 1.82) is 0 Å². The standard InChI is InChI=1S/C27H34N4O2S/c1-5-18(2)24-21(26(28)32)13-14-22(29-15-9-12-20-10-7-6-8-11-20)25(24)27(33)31(4)16-23-30-19(3)17-34-23/h6-8,10-11,13-14,17-18,29H,5,9,12,15-16H2,1-4H3,(H2,28,32). The molecule has 1 unspecified atom stereocenters. The molecule has 0 saturated carbocycles. The molecular weight excluding hydrogens is 444 g/mol. The van der Waals surface area contributed by atoms with Gasteiger partial charge < -0.3 is 16.0 Å². The predicted octanol–water partition coefficient (Wildman–Crippen LogP) is 5.38. The van der Waals surface area contributed by atoms with Crippen molar-refractivity contribution in [1.82, 2.24) is 9.88 Å². The number of rotatable bonds is 11. The Morgan fingerprint density at radius 1 is 1.18 bits per heavy atom. The van der Waals surface area contributed by atoms with Crippen LogP contribution in [0, 0.1) is 6.92 Å². The first-order valence-electron chi connectivity index (χ1n) is 11.7. The van der Waals surface area contributed by atoms with Gasteiger partial charge in [-0.1, -0.05) is 44.2 Å². The third-order valence-corrected chi connectivity index (χ3v) is 6.97.